The van der Waals surface area contributed by atoms with Crippen LogP contribution in [0.3, 0.4) is 0 Å². The quantitative estimate of drug-likeness (QED) is 0.428. The van der Waals surface area contributed by atoms with Gasteiger partial charge >= 0.3 is 0 Å². The van der Waals surface area contributed by atoms with Crippen LogP contribution in [-0.4, -0.2) is 22.6 Å². The average molecular weight is 382 g/mol. The van der Waals surface area contributed by atoms with Gasteiger partial charge in [0.2, 0.25) is 11.8 Å². The van der Waals surface area contributed by atoms with Crippen LogP contribution in [-0.2, 0) is 12.2 Å². The Bertz CT molecular complexity index is 801. The van der Waals surface area contributed by atoms with Crippen molar-refractivity contribution >= 4 is 11.8 Å². The van der Waals surface area contributed by atoms with E-state index in [0.29, 0.717) is 18.4 Å². The summed E-state index contributed by atoms with van der Waals surface area (Å²) in [6, 6.07) is 18.3. The zero-order valence-corrected chi connectivity index (χ0v) is 16.7. The molecule has 0 amide bonds. The van der Waals surface area contributed by atoms with Gasteiger partial charge in [0, 0.05) is 5.56 Å². The van der Waals surface area contributed by atoms with Crippen LogP contribution in [0, 0.1) is 5.92 Å². The Morgan fingerprint density at radius 2 is 1.78 bits per heavy atom. The van der Waals surface area contributed by atoms with Crippen LogP contribution in [0.5, 0.6) is 5.75 Å². The van der Waals surface area contributed by atoms with Crippen molar-refractivity contribution < 1.29 is 9.15 Å². The number of rotatable bonds is 10. The van der Waals surface area contributed by atoms with Gasteiger partial charge in [-0.1, -0.05) is 44.2 Å². The van der Waals surface area contributed by atoms with Crippen LogP contribution in [0.4, 0.5) is 0 Å². The summed E-state index contributed by atoms with van der Waals surface area (Å²) in [4.78, 5) is 0. The molecule has 0 atom stereocenters. The van der Waals surface area contributed by atoms with Crippen molar-refractivity contribution in [2.24, 2.45) is 0 Å². The van der Waals surface area contributed by atoms with Crippen molar-refractivity contribution in [2.75, 3.05) is 12.4 Å². The Labute approximate surface area is 165 Å². The predicted molar refractivity (Wildman–Crippen MR) is 111 cm³/mol. The summed E-state index contributed by atoms with van der Waals surface area (Å²) in [5.41, 5.74) is 2.26. The van der Waals surface area contributed by atoms with Gasteiger partial charge in [0.25, 0.3) is 0 Å². The van der Waals surface area contributed by atoms with Crippen LogP contribution in [0.25, 0.3) is 11.5 Å². The summed E-state index contributed by atoms with van der Waals surface area (Å²) < 4.78 is 11.5. The van der Waals surface area contributed by atoms with Crippen LogP contribution in [0.2, 0.25) is 0 Å². The van der Waals surface area contributed by atoms with E-state index in [0.717, 1.165) is 35.7 Å². The monoisotopic (exact) mass is 381 g/mol. The first-order chi connectivity index (χ1) is 13.2. The fraction of sp³-hybridized carbons (Fsp3) is 0.318. The number of aryl methyl sites for hydroxylation is 1. The van der Waals surface area contributed by atoms with Crippen LogP contribution in [0.15, 0.2) is 59.0 Å². The molecular formula is C22H25N2O2S. The fourth-order valence-corrected chi connectivity index (χ4v) is 3.31. The molecule has 2 aromatic carbocycles. The van der Waals surface area contributed by atoms with Crippen molar-refractivity contribution in [3.05, 3.63) is 72.0 Å². The summed E-state index contributed by atoms with van der Waals surface area (Å²) in [7, 11) is 0. The molecule has 0 aliphatic carbocycles. The second-order valence-corrected chi connectivity index (χ2v) is 7.72. The largest absolute Gasteiger partial charge is 0.494 e. The van der Waals surface area contributed by atoms with Gasteiger partial charge < -0.3 is 9.15 Å². The average Bonchev–Trinajstić information content (AvgIpc) is 3.15. The van der Waals surface area contributed by atoms with Crippen LogP contribution < -0.4 is 4.74 Å². The maximum atomic E-state index is 5.79. The highest BCUT2D eigenvalue weighted by Crippen LogP contribution is 2.23. The molecule has 0 N–H and O–H groups in total. The molecule has 1 radical (unpaired) electrons. The van der Waals surface area contributed by atoms with E-state index in [9.17, 15) is 0 Å². The molecule has 27 heavy (non-hydrogen) atoms. The number of thioether (sulfide) groups is 1. The molecule has 0 saturated heterocycles. The number of benzene rings is 2. The number of aromatic nitrogens is 2. The number of nitrogens with zero attached hydrogens (tertiary/aromatic N) is 2. The topological polar surface area (TPSA) is 48.2 Å². The molecule has 0 saturated carbocycles. The van der Waals surface area contributed by atoms with Gasteiger partial charge in [-0.3, -0.25) is 0 Å². The van der Waals surface area contributed by atoms with Gasteiger partial charge in [0.05, 0.1) is 12.4 Å². The minimum Gasteiger partial charge on any atom is -0.494 e. The maximum absolute atomic E-state index is 5.79. The third kappa shape index (κ3) is 6.43. The van der Waals surface area contributed by atoms with Gasteiger partial charge in [0.15, 0.2) is 0 Å². The highest BCUT2D eigenvalue weighted by molar-refractivity contribution is 7.98. The van der Waals surface area contributed by atoms with Crippen molar-refractivity contribution in [1.29, 1.82) is 0 Å². The Morgan fingerprint density at radius 3 is 2.52 bits per heavy atom. The van der Waals surface area contributed by atoms with Gasteiger partial charge in [-0.25, -0.2) is 0 Å². The Balaban J connectivity index is 1.45. The van der Waals surface area contributed by atoms with Gasteiger partial charge in [-0.2, -0.15) is 11.8 Å². The molecule has 5 heteroatoms. The number of ether oxygens (including phenoxy) is 1. The first-order valence-corrected chi connectivity index (χ1v) is 10.3. The molecular weight excluding hydrogens is 356 g/mol. The van der Waals surface area contributed by atoms with Crippen LogP contribution >= 0.6 is 11.8 Å². The van der Waals surface area contributed by atoms with E-state index in [-0.39, 0.29) is 0 Å². The lowest BCUT2D eigenvalue weighted by Crippen LogP contribution is -1.99. The lowest BCUT2D eigenvalue weighted by atomic mass is 10.1. The maximum Gasteiger partial charge on any atom is 0.247 e. The van der Waals surface area contributed by atoms with Gasteiger partial charge in [-0.05, 0) is 54.3 Å². The lowest BCUT2D eigenvalue weighted by Gasteiger charge is -2.07. The SMILES string of the molecule is C[C](C)CCOc1ccc(-c2nnc(CSCCc3ccccc3)o2)cc1. The summed E-state index contributed by atoms with van der Waals surface area (Å²) >= 11 is 1.81. The summed E-state index contributed by atoms with van der Waals surface area (Å²) in [6.45, 7) is 4.92. The Kier molecular flexibility index (Phi) is 7.34. The molecule has 0 unspecified atom stereocenters. The normalized spacial score (nSPS) is 11.1. The summed E-state index contributed by atoms with van der Waals surface area (Å²) in [5.74, 6) is 5.20. The zero-order valence-electron chi connectivity index (χ0n) is 15.9. The molecule has 0 aliphatic heterocycles. The highest BCUT2D eigenvalue weighted by Gasteiger charge is 2.09. The standard InChI is InChI=1S/C22H25N2O2S/c1-17(2)12-14-25-20-10-8-19(9-11-20)22-24-23-21(26-22)16-27-15-13-18-6-4-3-5-7-18/h3-11H,12-16H2,1-2H3. The van der Waals surface area contributed by atoms with E-state index in [1.165, 1.54) is 11.5 Å². The minimum atomic E-state index is 0.554. The first-order valence-electron chi connectivity index (χ1n) is 9.17. The van der Waals surface area contributed by atoms with E-state index in [1.54, 1.807) is 11.8 Å². The molecule has 0 fully saturated rings. The highest BCUT2D eigenvalue weighted by atomic mass is 32.2. The molecule has 3 aromatic rings. The molecule has 1 aromatic heterocycles. The number of hydrogen-bond donors (Lipinski definition) is 0. The van der Waals surface area contributed by atoms with E-state index < -0.39 is 0 Å². The second-order valence-electron chi connectivity index (χ2n) is 6.62. The lowest BCUT2D eigenvalue weighted by molar-refractivity contribution is 0.315. The zero-order chi connectivity index (χ0) is 18.9. The molecule has 0 spiro atoms. The summed E-state index contributed by atoms with van der Waals surface area (Å²) in [6.07, 6.45) is 2.01. The van der Waals surface area contributed by atoms with Gasteiger partial charge in [-0.15, -0.1) is 10.2 Å². The predicted octanol–water partition coefficient (Wildman–Crippen LogP) is 5.60. The van der Waals surface area contributed by atoms with E-state index in [2.05, 4.69) is 48.3 Å². The smallest absolute Gasteiger partial charge is 0.247 e. The molecule has 0 aliphatic rings. The molecule has 4 nitrogen and oxygen atoms in total. The molecule has 3 rings (SSSR count). The van der Waals surface area contributed by atoms with Gasteiger partial charge in [0.1, 0.15) is 5.75 Å². The Morgan fingerprint density at radius 1 is 1.00 bits per heavy atom. The first kappa shape index (κ1) is 19.5. The van der Waals surface area contributed by atoms with Crippen molar-refractivity contribution in [3.63, 3.8) is 0 Å². The van der Waals surface area contributed by atoms with Crippen LogP contribution in [0.1, 0.15) is 31.7 Å². The van der Waals surface area contributed by atoms with E-state index in [1.807, 2.05) is 30.3 Å². The second kappa shape index (κ2) is 10.2. The third-order valence-electron chi connectivity index (χ3n) is 4.04. The van der Waals surface area contributed by atoms with Crippen molar-refractivity contribution in [1.82, 2.24) is 10.2 Å². The molecule has 0 bridgehead atoms. The van der Waals surface area contributed by atoms with E-state index >= 15 is 0 Å². The molecule has 1 heterocycles. The minimum absolute atomic E-state index is 0.554. The Hall–Kier alpha value is -2.27. The van der Waals surface area contributed by atoms with Crippen molar-refractivity contribution in [3.8, 4) is 17.2 Å². The molecule has 141 valence electrons. The fourth-order valence-electron chi connectivity index (χ4n) is 2.49. The van der Waals surface area contributed by atoms with E-state index in [4.69, 9.17) is 9.15 Å². The van der Waals surface area contributed by atoms with Crippen molar-refractivity contribution in [2.45, 2.75) is 32.4 Å². The summed E-state index contributed by atoms with van der Waals surface area (Å²) in [5, 5.41) is 8.32. The third-order valence-corrected chi connectivity index (χ3v) is 4.99. The number of hydrogen-bond acceptors (Lipinski definition) is 5.